The molecule has 2 amide bonds. The van der Waals surface area contributed by atoms with Crippen LogP contribution >= 0.6 is 0 Å². The van der Waals surface area contributed by atoms with Gasteiger partial charge in [-0.1, -0.05) is 12.1 Å². The summed E-state index contributed by atoms with van der Waals surface area (Å²) in [6.07, 6.45) is 1.47. The molecule has 1 aromatic heterocycles. The fourth-order valence-corrected chi connectivity index (χ4v) is 3.38. The monoisotopic (exact) mass is 431 g/mol. The summed E-state index contributed by atoms with van der Waals surface area (Å²) in [5.74, 6) is -1.26. The standard InChI is InChI=1S/C23H18FN5O3/c1-13-11-26-21(28-20(13)15-4-3-5-16(24)9-15)22(30)27-17-12-32-19-8-14(10-25)6-7-18(19)29(2)23(17)31/h3-9,11,17H,12H2,1-2H3,(H,27,30). The maximum absolute atomic E-state index is 13.6. The van der Waals surface area contributed by atoms with E-state index >= 15 is 0 Å². The van der Waals surface area contributed by atoms with Gasteiger partial charge in [0.05, 0.1) is 23.0 Å². The molecule has 1 N–H and O–H groups in total. The van der Waals surface area contributed by atoms with Crippen LogP contribution in [0.15, 0.2) is 48.7 Å². The van der Waals surface area contributed by atoms with Crippen molar-refractivity contribution in [1.29, 1.82) is 5.26 Å². The Kier molecular flexibility index (Phi) is 5.52. The number of hydrogen-bond donors (Lipinski definition) is 1. The Balaban J connectivity index is 1.57. The number of fused-ring (bicyclic) bond motifs is 1. The molecule has 1 unspecified atom stereocenters. The van der Waals surface area contributed by atoms with E-state index < -0.39 is 17.8 Å². The molecule has 9 heteroatoms. The summed E-state index contributed by atoms with van der Waals surface area (Å²) >= 11 is 0. The number of nitrogens with zero attached hydrogens (tertiary/aromatic N) is 4. The number of ether oxygens (including phenoxy) is 1. The molecule has 1 aliphatic rings. The number of hydrogen-bond acceptors (Lipinski definition) is 6. The highest BCUT2D eigenvalue weighted by molar-refractivity contribution is 6.02. The van der Waals surface area contributed by atoms with Crippen LogP contribution in [-0.2, 0) is 4.79 Å². The minimum absolute atomic E-state index is 0.126. The minimum atomic E-state index is -0.993. The molecule has 3 aromatic rings. The topological polar surface area (TPSA) is 108 Å². The van der Waals surface area contributed by atoms with Crippen LogP contribution in [0.5, 0.6) is 5.75 Å². The van der Waals surface area contributed by atoms with Gasteiger partial charge in [-0.2, -0.15) is 5.26 Å². The van der Waals surface area contributed by atoms with Crippen LogP contribution in [0.1, 0.15) is 21.7 Å². The summed E-state index contributed by atoms with van der Waals surface area (Å²) in [6, 6.07) is 11.6. The fourth-order valence-electron chi connectivity index (χ4n) is 3.38. The molecule has 0 saturated heterocycles. The van der Waals surface area contributed by atoms with Crippen molar-refractivity contribution in [3.8, 4) is 23.1 Å². The zero-order chi connectivity index (χ0) is 22.8. The number of carbonyl (C=O) groups is 2. The molecule has 2 aromatic carbocycles. The SMILES string of the molecule is Cc1cnc(C(=O)NC2COc3cc(C#N)ccc3N(C)C2=O)nc1-c1cccc(F)c1. The van der Waals surface area contributed by atoms with Gasteiger partial charge in [-0.3, -0.25) is 9.59 Å². The second kappa shape index (κ2) is 8.43. The zero-order valence-corrected chi connectivity index (χ0v) is 17.3. The Morgan fingerprint density at radius 2 is 2.12 bits per heavy atom. The lowest BCUT2D eigenvalue weighted by Crippen LogP contribution is -2.49. The van der Waals surface area contributed by atoms with Gasteiger partial charge in [0.15, 0.2) is 0 Å². The first-order valence-corrected chi connectivity index (χ1v) is 9.72. The summed E-state index contributed by atoms with van der Waals surface area (Å²) in [6.45, 7) is 1.63. The Morgan fingerprint density at radius 3 is 2.88 bits per heavy atom. The smallest absolute Gasteiger partial charge is 0.289 e. The van der Waals surface area contributed by atoms with Crippen molar-refractivity contribution in [2.24, 2.45) is 0 Å². The fraction of sp³-hybridized carbons (Fsp3) is 0.174. The van der Waals surface area contributed by atoms with Crippen molar-refractivity contribution < 1.29 is 18.7 Å². The van der Waals surface area contributed by atoms with E-state index in [0.717, 1.165) is 0 Å². The van der Waals surface area contributed by atoms with Gasteiger partial charge >= 0.3 is 0 Å². The van der Waals surface area contributed by atoms with Crippen molar-refractivity contribution in [1.82, 2.24) is 15.3 Å². The molecule has 1 aliphatic heterocycles. The number of carbonyl (C=O) groups excluding carboxylic acids is 2. The third-order valence-electron chi connectivity index (χ3n) is 5.06. The molecule has 0 aliphatic carbocycles. The van der Waals surface area contributed by atoms with E-state index in [2.05, 4.69) is 15.3 Å². The molecule has 0 radical (unpaired) electrons. The first-order chi connectivity index (χ1) is 15.4. The van der Waals surface area contributed by atoms with Crippen LogP contribution in [0, 0.1) is 24.1 Å². The Labute approximate surface area is 183 Å². The maximum atomic E-state index is 13.6. The summed E-state index contributed by atoms with van der Waals surface area (Å²) in [7, 11) is 1.56. The van der Waals surface area contributed by atoms with Crippen molar-refractivity contribution in [3.63, 3.8) is 0 Å². The number of nitrogens with one attached hydrogen (secondary N) is 1. The van der Waals surface area contributed by atoms with E-state index in [1.165, 1.54) is 29.3 Å². The molecule has 0 bridgehead atoms. The third kappa shape index (κ3) is 3.98. The number of anilines is 1. The quantitative estimate of drug-likeness (QED) is 0.683. The molecule has 160 valence electrons. The molecule has 2 heterocycles. The maximum Gasteiger partial charge on any atom is 0.289 e. The molecule has 8 nitrogen and oxygen atoms in total. The average molecular weight is 431 g/mol. The van der Waals surface area contributed by atoms with E-state index in [4.69, 9.17) is 10.00 Å². The predicted octanol–water partition coefficient (Wildman–Crippen LogP) is 2.62. The number of aryl methyl sites for hydroxylation is 1. The molecule has 0 spiro atoms. The van der Waals surface area contributed by atoms with Gasteiger partial charge in [0, 0.05) is 24.9 Å². The molecular weight excluding hydrogens is 413 g/mol. The van der Waals surface area contributed by atoms with Crippen LogP contribution in [0.3, 0.4) is 0 Å². The number of nitriles is 1. The van der Waals surface area contributed by atoms with Gasteiger partial charge < -0.3 is 15.0 Å². The van der Waals surface area contributed by atoms with Crippen molar-refractivity contribution in [2.45, 2.75) is 13.0 Å². The largest absolute Gasteiger partial charge is 0.489 e. The van der Waals surface area contributed by atoms with Crippen LogP contribution in [-0.4, -0.2) is 41.5 Å². The van der Waals surface area contributed by atoms with E-state index in [1.807, 2.05) is 6.07 Å². The lowest BCUT2D eigenvalue weighted by Gasteiger charge is -2.20. The predicted molar refractivity (Wildman–Crippen MR) is 113 cm³/mol. The third-order valence-corrected chi connectivity index (χ3v) is 5.06. The van der Waals surface area contributed by atoms with Gasteiger partial charge in [0.25, 0.3) is 11.8 Å². The molecule has 4 rings (SSSR count). The lowest BCUT2D eigenvalue weighted by atomic mass is 10.1. The zero-order valence-electron chi connectivity index (χ0n) is 17.3. The number of aromatic nitrogens is 2. The molecule has 1 atom stereocenters. The molecule has 32 heavy (non-hydrogen) atoms. The highest BCUT2D eigenvalue weighted by Gasteiger charge is 2.31. The van der Waals surface area contributed by atoms with Gasteiger partial charge in [0.2, 0.25) is 5.82 Å². The van der Waals surface area contributed by atoms with Crippen molar-refractivity contribution in [3.05, 3.63) is 71.4 Å². The van der Waals surface area contributed by atoms with Gasteiger partial charge in [-0.15, -0.1) is 0 Å². The number of likely N-dealkylation sites (N-methyl/N-ethyl adjacent to an activating group) is 1. The summed E-state index contributed by atoms with van der Waals surface area (Å²) in [5.41, 5.74) is 2.48. The number of rotatable bonds is 3. The van der Waals surface area contributed by atoms with Crippen LogP contribution in [0.25, 0.3) is 11.3 Å². The van der Waals surface area contributed by atoms with Crippen LogP contribution in [0.2, 0.25) is 0 Å². The van der Waals surface area contributed by atoms with Crippen molar-refractivity contribution >= 4 is 17.5 Å². The van der Waals surface area contributed by atoms with Gasteiger partial charge in [-0.25, -0.2) is 14.4 Å². The first kappa shape index (κ1) is 20.9. The van der Waals surface area contributed by atoms with Crippen LogP contribution in [0.4, 0.5) is 10.1 Å². The average Bonchev–Trinajstić information content (AvgIpc) is 2.91. The minimum Gasteiger partial charge on any atom is -0.489 e. The Hall–Kier alpha value is -4.32. The normalized spacial score (nSPS) is 15.2. The summed E-state index contributed by atoms with van der Waals surface area (Å²) in [5, 5.41) is 11.7. The number of amides is 2. The van der Waals surface area contributed by atoms with Gasteiger partial charge in [-0.05, 0) is 36.8 Å². The Bertz CT molecular complexity index is 1270. The van der Waals surface area contributed by atoms with Gasteiger partial charge in [0.1, 0.15) is 24.2 Å². The van der Waals surface area contributed by atoms with E-state index in [1.54, 1.807) is 38.2 Å². The van der Waals surface area contributed by atoms with E-state index in [-0.39, 0.29) is 18.3 Å². The molecule has 0 saturated carbocycles. The number of halogens is 1. The highest BCUT2D eigenvalue weighted by Crippen LogP contribution is 2.31. The van der Waals surface area contributed by atoms with Crippen molar-refractivity contribution in [2.75, 3.05) is 18.6 Å². The second-order valence-electron chi connectivity index (χ2n) is 7.26. The molecular formula is C23H18FN5O3. The second-order valence-corrected chi connectivity index (χ2v) is 7.26. The first-order valence-electron chi connectivity index (χ1n) is 9.72. The highest BCUT2D eigenvalue weighted by atomic mass is 19.1. The summed E-state index contributed by atoms with van der Waals surface area (Å²) < 4.78 is 19.3. The van der Waals surface area contributed by atoms with E-state index in [0.29, 0.717) is 33.8 Å². The van der Waals surface area contributed by atoms with Crippen LogP contribution < -0.4 is 15.0 Å². The Morgan fingerprint density at radius 1 is 1.31 bits per heavy atom. The van der Waals surface area contributed by atoms with E-state index in [9.17, 15) is 14.0 Å². The molecule has 0 fully saturated rings. The lowest BCUT2D eigenvalue weighted by molar-refractivity contribution is -0.120. The number of benzene rings is 2. The summed E-state index contributed by atoms with van der Waals surface area (Å²) in [4.78, 5) is 35.4.